The second kappa shape index (κ2) is 16.6. The normalized spacial score (nSPS) is 11.0. The molecule has 164 valence electrons. The zero-order valence-electron chi connectivity index (χ0n) is 18.4. The van der Waals surface area contributed by atoms with Crippen molar-refractivity contribution in [2.24, 2.45) is 0 Å². The first-order valence-corrected chi connectivity index (χ1v) is 13.4. The van der Waals surface area contributed by atoms with Gasteiger partial charge in [-0.15, -0.1) is 0 Å². The Bertz CT molecular complexity index is 611. The van der Waals surface area contributed by atoms with Gasteiger partial charge in [-0.1, -0.05) is 53.4 Å². The van der Waals surface area contributed by atoms with E-state index in [4.69, 9.17) is 0 Å². The molecule has 0 aliphatic heterocycles. The summed E-state index contributed by atoms with van der Waals surface area (Å²) < 4.78 is 4.08. The Morgan fingerprint density at radius 3 is 1.71 bits per heavy atom. The molecule has 0 saturated heterocycles. The maximum absolute atomic E-state index is 10.2. The van der Waals surface area contributed by atoms with Crippen molar-refractivity contribution in [2.75, 3.05) is 25.0 Å². The molecule has 1 heterocycles. The van der Waals surface area contributed by atoms with Gasteiger partial charge in [-0.05, 0) is 31.6 Å². The van der Waals surface area contributed by atoms with Crippen LogP contribution in [0.25, 0.3) is 0 Å². The van der Waals surface area contributed by atoms with Crippen molar-refractivity contribution in [3.8, 4) is 5.88 Å². The third kappa shape index (κ3) is 13.0. The molecule has 28 heavy (non-hydrogen) atoms. The van der Waals surface area contributed by atoms with Gasteiger partial charge in [0.2, 0.25) is 0 Å². The van der Waals surface area contributed by atoms with Crippen molar-refractivity contribution in [3.63, 3.8) is 0 Å². The summed E-state index contributed by atoms with van der Waals surface area (Å²) in [6.45, 7) is 10.6. The van der Waals surface area contributed by atoms with Crippen LogP contribution in [-0.2, 0) is 0 Å². The Morgan fingerprint density at radius 1 is 0.821 bits per heavy atom. The largest absolute Gasteiger partial charge is 0.860 e. The van der Waals surface area contributed by atoms with Crippen LogP contribution in [0.1, 0.15) is 85.5 Å². The summed E-state index contributed by atoms with van der Waals surface area (Å²) in [6.07, 6.45) is 17.0. The molecule has 0 aliphatic carbocycles. The van der Waals surface area contributed by atoms with E-state index in [0.717, 1.165) is 6.07 Å². The van der Waals surface area contributed by atoms with Crippen LogP contribution in [0.5, 0.6) is 5.88 Å². The van der Waals surface area contributed by atoms with E-state index in [9.17, 15) is 14.7 Å². The average Bonchev–Trinajstić information content (AvgIpc) is 2.65. The van der Waals surface area contributed by atoms with Crippen molar-refractivity contribution in [3.05, 3.63) is 26.9 Å². The molecular formula is C21H42N3O3P. The van der Waals surface area contributed by atoms with Crippen LogP contribution in [0.3, 0.4) is 0 Å². The Morgan fingerprint density at radius 2 is 1.32 bits per heavy atom. The summed E-state index contributed by atoms with van der Waals surface area (Å²) in [5.74, 6) is -0.677. The van der Waals surface area contributed by atoms with Crippen molar-refractivity contribution < 1.29 is 9.85 Å². The van der Waals surface area contributed by atoms with Gasteiger partial charge in [-0.2, -0.15) is 0 Å². The Labute approximate surface area is 170 Å². The fourth-order valence-corrected chi connectivity index (χ4v) is 7.63. The van der Waals surface area contributed by atoms with Crippen molar-refractivity contribution in [1.29, 1.82) is 0 Å². The molecule has 3 N–H and O–H groups in total. The Balaban J connectivity index is 0.000000668. The van der Waals surface area contributed by atoms with Gasteiger partial charge in [0.1, 0.15) is 6.54 Å². The lowest BCUT2D eigenvalue weighted by Gasteiger charge is -2.19. The molecule has 0 bridgehead atoms. The number of aromatic nitrogens is 2. The quantitative estimate of drug-likeness (QED) is 0.341. The van der Waals surface area contributed by atoms with Crippen LogP contribution < -0.4 is 21.1 Å². The van der Waals surface area contributed by atoms with Gasteiger partial charge in [-0.25, -0.2) is 4.79 Å². The van der Waals surface area contributed by atoms with Gasteiger partial charge in [0.05, 0.1) is 7.05 Å². The van der Waals surface area contributed by atoms with Crippen molar-refractivity contribution >= 4 is 7.05 Å². The number of H-pyrrole nitrogens is 2. The summed E-state index contributed by atoms with van der Waals surface area (Å²) in [7, 11) is -0.836. The highest BCUT2D eigenvalue weighted by molar-refractivity contribution is 7.63. The molecule has 0 aliphatic rings. The molecule has 0 aromatic carbocycles. The summed E-state index contributed by atoms with van der Waals surface area (Å²) in [6, 6.07) is 0.765. The number of nitrogens with one attached hydrogen (secondary N) is 3. The number of aromatic amines is 2. The van der Waals surface area contributed by atoms with Crippen LogP contribution in [0, 0.1) is 0 Å². The molecular weight excluding hydrogens is 373 g/mol. The maximum Gasteiger partial charge on any atom is 0.325 e. The molecule has 0 amide bonds. The van der Waals surface area contributed by atoms with E-state index in [2.05, 4.69) is 32.4 Å². The lowest BCUT2D eigenvalue weighted by molar-refractivity contribution is -0.437. The molecule has 1 aromatic rings. The predicted molar refractivity (Wildman–Crippen MR) is 119 cm³/mol. The molecule has 0 fully saturated rings. The molecule has 7 heteroatoms. The Hall–Kier alpha value is -1.29. The lowest BCUT2D eigenvalue weighted by atomic mass is 10.3. The van der Waals surface area contributed by atoms with Gasteiger partial charge in [0.25, 0.3) is 5.56 Å². The lowest BCUT2D eigenvalue weighted by Crippen LogP contribution is -2.68. The van der Waals surface area contributed by atoms with Crippen LogP contribution in [-0.4, -0.2) is 35.0 Å². The highest BCUT2D eigenvalue weighted by Gasteiger charge is 2.23. The van der Waals surface area contributed by atoms with Gasteiger partial charge >= 0.3 is 5.69 Å². The van der Waals surface area contributed by atoms with E-state index < -0.39 is 24.2 Å². The average molecular weight is 416 g/mol. The van der Waals surface area contributed by atoms with Gasteiger partial charge in [-0.3, -0.25) is 14.5 Å². The van der Waals surface area contributed by atoms with E-state index in [0.29, 0.717) is 0 Å². The maximum atomic E-state index is 10.2. The zero-order chi connectivity index (χ0) is 21.3. The van der Waals surface area contributed by atoms with Crippen LogP contribution in [0.4, 0.5) is 0 Å². The fraction of sp³-hybridized carbons (Fsp3) is 0.810. The molecule has 0 saturated carbocycles. The molecule has 0 atom stereocenters. The summed E-state index contributed by atoms with van der Waals surface area (Å²) in [4.78, 5) is 24.1. The monoisotopic (exact) mass is 415 g/mol. The first-order chi connectivity index (χ1) is 13.4. The molecule has 1 aromatic heterocycles. The summed E-state index contributed by atoms with van der Waals surface area (Å²) in [5.41, 5.74) is -1.45. The first kappa shape index (κ1) is 26.7. The third-order valence-corrected chi connectivity index (χ3v) is 9.19. The summed E-state index contributed by atoms with van der Waals surface area (Å²) in [5, 5.41) is 10.2. The predicted octanol–water partition coefficient (Wildman–Crippen LogP) is 3.00. The summed E-state index contributed by atoms with van der Waals surface area (Å²) >= 11 is 0. The van der Waals surface area contributed by atoms with Gasteiger partial charge in [0, 0.05) is 31.0 Å². The number of hydrogen-bond acceptors (Lipinski definition) is 3. The second-order valence-electron chi connectivity index (χ2n) is 7.44. The highest BCUT2D eigenvalue weighted by Crippen LogP contribution is 2.44. The van der Waals surface area contributed by atoms with Crippen LogP contribution in [0.2, 0.25) is 0 Å². The number of rotatable bonds is 13. The standard InChI is InChI=1S/C17H38NP.C4H4N2O3/c1-5-9-13-14-18-19(15-10-6-2,16-11-7-3)17-12-8-4;7-2-1-3(8)6-4(9)5-2/h5-17H2,1-4H3;1H,(H3,5,6,7,8,9). The minimum Gasteiger partial charge on any atom is -0.860 e. The van der Waals surface area contributed by atoms with Crippen LogP contribution in [0.15, 0.2) is 15.7 Å². The molecule has 0 unspecified atom stereocenters. The van der Waals surface area contributed by atoms with Gasteiger partial charge < -0.3 is 10.1 Å². The number of hydrogen-bond donors (Lipinski definition) is 3. The molecule has 0 radical (unpaired) electrons. The van der Waals surface area contributed by atoms with Crippen molar-refractivity contribution in [2.45, 2.75) is 85.5 Å². The van der Waals surface area contributed by atoms with E-state index in [1.165, 1.54) is 82.8 Å². The molecule has 1 rings (SSSR count). The zero-order valence-corrected chi connectivity index (χ0v) is 19.3. The van der Waals surface area contributed by atoms with E-state index in [1.54, 1.807) is 0 Å². The fourth-order valence-electron chi connectivity index (χ4n) is 3.09. The van der Waals surface area contributed by atoms with Crippen LogP contribution >= 0.6 is 7.05 Å². The first-order valence-electron chi connectivity index (χ1n) is 11.0. The third-order valence-electron chi connectivity index (χ3n) is 4.78. The minimum absolute atomic E-state index is 0.677. The van der Waals surface area contributed by atoms with Crippen molar-refractivity contribution in [1.82, 2.24) is 9.97 Å². The number of unbranched alkanes of at least 4 members (excludes halogenated alkanes) is 5. The second-order valence-corrected chi connectivity index (χ2v) is 11.4. The Kier molecular flexibility index (Phi) is 15.9. The van der Waals surface area contributed by atoms with Gasteiger partial charge in [0.15, 0.2) is 0 Å². The molecule has 6 nitrogen and oxygen atoms in total. The van der Waals surface area contributed by atoms with E-state index in [1.807, 2.05) is 9.97 Å². The smallest absolute Gasteiger partial charge is 0.325 e. The SMILES string of the molecule is CCCCC[NH+]=P(CCCC)(CCCC)CCCC.O=c1cc([O-])[nH]c(=O)[nH]1. The van der Waals surface area contributed by atoms with E-state index in [-0.39, 0.29) is 0 Å². The minimum atomic E-state index is -0.836. The molecule has 0 spiro atoms. The topological polar surface area (TPSA) is 103 Å². The highest BCUT2D eigenvalue weighted by atomic mass is 31.2. The van der Waals surface area contributed by atoms with E-state index >= 15 is 0 Å².